The number of hydrogen-bond acceptors (Lipinski definition) is 5. The minimum Gasteiger partial charge on any atom is -0.480 e. The molecule has 1 heterocycles. The van der Waals surface area contributed by atoms with E-state index in [9.17, 15) is 14.4 Å². The first-order valence-electron chi connectivity index (χ1n) is 6.51. The predicted molar refractivity (Wildman–Crippen MR) is 78.2 cm³/mol. The largest absolute Gasteiger partial charge is 0.480 e. The van der Waals surface area contributed by atoms with Gasteiger partial charge in [0.15, 0.2) is 0 Å². The highest BCUT2D eigenvalue weighted by Crippen LogP contribution is 2.11. The van der Waals surface area contributed by atoms with E-state index in [4.69, 9.17) is 5.11 Å². The number of aliphatic carboxylic acids is 1. The van der Waals surface area contributed by atoms with Gasteiger partial charge in [0.2, 0.25) is 5.91 Å². The third-order valence-electron chi connectivity index (χ3n) is 2.70. The van der Waals surface area contributed by atoms with Gasteiger partial charge in [-0.3, -0.25) is 9.59 Å². The molecule has 21 heavy (non-hydrogen) atoms. The second-order valence-corrected chi connectivity index (χ2v) is 5.89. The topological polar surface area (TPSA) is 108 Å². The molecule has 0 fully saturated rings. The van der Waals surface area contributed by atoms with Crippen LogP contribution in [0.2, 0.25) is 0 Å². The smallest absolute Gasteiger partial charge is 0.326 e. The fourth-order valence-corrected chi connectivity index (χ4v) is 2.42. The van der Waals surface area contributed by atoms with Crippen LogP contribution in [0.3, 0.4) is 0 Å². The Balaban J connectivity index is 2.48. The van der Waals surface area contributed by atoms with E-state index in [1.165, 1.54) is 11.3 Å². The van der Waals surface area contributed by atoms with Gasteiger partial charge in [0.05, 0.1) is 17.7 Å². The third-order valence-corrected chi connectivity index (χ3v) is 3.63. The lowest BCUT2D eigenvalue weighted by Crippen LogP contribution is -2.46. The second kappa shape index (κ2) is 7.72. The molecule has 0 aliphatic rings. The summed E-state index contributed by atoms with van der Waals surface area (Å²) in [7, 11) is 0. The van der Waals surface area contributed by atoms with Gasteiger partial charge >= 0.3 is 5.97 Å². The number of aromatic nitrogens is 1. The van der Waals surface area contributed by atoms with Gasteiger partial charge in [-0.2, -0.15) is 0 Å². The molecule has 0 bridgehead atoms. The molecule has 0 aromatic carbocycles. The summed E-state index contributed by atoms with van der Waals surface area (Å²) in [5.74, 6) is -1.86. The monoisotopic (exact) mass is 313 g/mol. The zero-order valence-corrected chi connectivity index (χ0v) is 13.0. The number of carbonyl (C=O) groups is 3. The van der Waals surface area contributed by atoms with E-state index in [2.05, 4.69) is 15.6 Å². The Morgan fingerprint density at radius 2 is 2.05 bits per heavy atom. The van der Waals surface area contributed by atoms with Crippen molar-refractivity contribution in [3.63, 3.8) is 0 Å². The second-order valence-electron chi connectivity index (χ2n) is 5.04. The van der Waals surface area contributed by atoms with Gasteiger partial charge in [-0.25, -0.2) is 9.78 Å². The summed E-state index contributed by atoms with van der Waals surface area (Å²) < 4.78 is 0. The number of aryl methyl sites for hydroxylation is 1. The summed E-state index contributed by atoms with van der Waals surface area (Å²) in [6, 6.07) is -0.945. The number of carboxylic acid groups (broad SMARTS) is 1. The van der Waals surface area contributed by atoms with E-state index >= 15 is 0 Å². The standard InChI is InChI=1S/C13H19N3O4S/c1-7(2)4-9(13(19)20)16-10(17)5-14-12(18)11-8(3)15-6-21-11/h6-7,9H,4-5H2,1-3H3,(H,14,18)(H,16,17)(H,19,20)/t9-/m0/s1. The van der Waals surface area contributed by atoms with E-state index in [0.29, 0.717) is 17.0 Å². The highest BCUT2D eigenvalue weighted by Gasteiger charge is 2.21. The molecule has 0 saturated carbocycles. The minimum absolute atomic E-state index is 0.140. The third kappa shape index (κ3) is 5.50. The molecule has 3 N–H and O–H groups in total. The molecule has 0 aliphatic carbocycles. The first-order chi connectivity index (χ1) is 9.81. The average Bonchev–Trinajstić information content (AvgIpc) is 2.81. The average molecular weight is 313 g/mol. The number of carboxylic acids is 1. The Hall–Kier alpha value is -1.96. The molecule has 1 atom stereocenters. The van der Waals surface area contributed by atoms with Crippen molar-refractivity contribution in [1.29, 1.82) is 0 Å². The highest BCUT2D eigenvalue weighted by atomic mass is 32.1. The van der Waals surface area contributed by atoms with Crippen molar-refractivity contribution in [2.45, 2.75) is 33.2 Å². The summed E-state index contributed by atoms with van der Waals surface area (Å²) in [5.41, 5.74) is 2.15. The molecule has 1 aromatic rings. The number of nitrogens with zero attached hydrogens (tertiary/aromatic N) is 1. The van der Waals surface area contributed by atoms with Gasteiger partial charge in [-0.1, -0.05) is 13.8 Å². The Kier molecular flexibility index (Phi) is 6.29. The van der Waals surface area contributed by atoms with E-state index in [-0.39, 0.29) is 18.4 Å². The van der Waals surface area contributed by atoms with Crippen molar-refractivity contribution in [3.05, 3.63) is 16.1 Å². The maximum absolute atomic E-state index is 11.8. The van der Waals surface area contributed by atoms with Crippen LogP contribution in [0.15, 0.2) is 5.51 Å². The summed E-state index contributed by atoms with van der Waals surface area (Å²) in [4.78, 5) is 38.9. The molecule has 0 saturated heterocycles. The van der Waals surface area contributed by atoms with Gasteiger partial charge < -0.3 is 15.7 Å². The highest BCUT2D eigenvalue weighted by molar-refractivity contribution is 7.11. The maximum atomic E-state index is 11.8. The van der Waals surface area contributed by atoms with Crippen molar-refractivity contribution in [3.8, 4) is 0 Å². The SMILES string of the molecule is Cc1ncsc1C(=O)NCC(=O)N[C@@H](CC(C)C)C(=O)O. The lowest BCUT2D eigenvalue weighted by Gasteiger charge is -2.16. The molecule has 8 heteroatoms. The molecule has 0 radical (unpaired) electrons. The van der Waals surface area contributed by atoms with Gasteiger partial charge in [0.25, 0.3) is 5.91 Å². The summed E-state index contributed by atoms with van der Waals surface area (Å²) in [6.45, 7) is 5.18. The zero-order chi connectivity index (χ0) is 16.0. The first kappa shape index (κ1) is 17.1. The molecule has 7 nitrogen and oxygen atoms in total. The number of thiazole rings is 1. The van der Waals surface area contributed by atoms with Crippen LogP contribution < -0.4 is 10.6 Å². The Labute approximate surface area is 126 Å². The molecule has 2 amide bonds. The van der Waals surface area contributed by atoms with E-state index in [0.717, 1.165) is 0 Å². The van der Waals surface area contributed by atoms with Gasteiger partial charge in [-0.15, -0.1) is 11.3 Å². The van der Waals surface area contributed by atoms with Crippen LogP contribution in [0.4, 0.5) is 0 Å². The van der Waals surface area contributed by atoms with Crippen LogP contribution in [0.1, 0.15) is 35.6 Å². The summed E-state index contributed by atoms with van der Waals surface area (Å²) in [6.07, 6.45) is 0.336. The number of carbonyl (C=O) groups excluding carboxylic acids is 2. The van der Waals surface area contributed by atoms with Crippen molar-refractivity contribution in [2.24, 2.45) is 5.92 Å². The predicted octanol–water partition coefficient (Wildman–Crippen LogP) is 0.797. The zero-order valence-electron chi connectivity index (χ0n) is 12.2. The molecule has 116 valence electrons. The van der Waals surface area contributed by atoms with E-state index < -0.39 is 17.9 Å². The number of nitrogens with one attached hydrogen (secondary N) is 2. The minimum atomic E-state index is -1.08. The molecule has 0 unspecified atom stereocenters. The van der Waals surface area contributed by atoms with Crippen molar-refractivity contribution < 1.29 is 19.5 Å². The lowest BCUT2D eigenvalue weighted by atomic mass is 10.0. The quantitative estimate of drug-likeness (QED) is 0.690. The molecule has 0 aliphatic heterocycles. The van der Waals surface area contributed by atoms with Crippen LogP contribution in [0, 0.1) is 12.8 Å². The Morgan fingerprint density at radius 3 is 2.52 bits per heavy atom. The Morgan fingerprint density at radius 1 is 1.38 bits per heavy atom. The van der Waals surface area contributed by atoms with Crippen LogP contribution in [-0.2, 0) is 9.59 Å². The summed E-state index contributed by atoms with van der Waals surface area (Å²) >= 11 is 1.19. The van der Waals surface area contributed by atoms with E-state index in [1.54, 1.807) is 12.4 Å². The molecule has 0 spiro atoms. The van der Waals surface area contributed by atoms with Gasteiger partial charge in [0.1, 0.15) is 10.9 Å². The fraction of sp³-hybridized carbons (Fsp3) is 0.538. The molecule has 1 aromatic heterocycles. The van der Waals surface area contributed by atoms with Crippen molar-refractivity contribution in [1.82, 2.24) is 15.6 Å². The van der Waals surface area contributed by atoms with Crippen LogP contribution in [-0.4, -0.2) is 40.5 Å². The van der Waals surface area contributed by atoms with E-state index in [1.807, 2.05) is 13.8 Å². The van der Waals surface area contributed by atoms with Crippen molar-refractivity contribution >= 4 is 29.1 Å². The first-order valence-corrected chi connectivity index (χ1v) is 7.39. The van der Waals surface area contributed by atoms with Gasteiger partial charge in [0, 0.05) is 0 Å². The number of amides is 2. The molecular weight excluding hydrogens is 294 g/mol. The number of hydrogen-bond donors (Lipinski definition) is 3. The van der Waals surface area contributed by atoms with Crippen LogP contribution >= 0.6 is 11.3 Å². The van der Waals surface area contributed by atoms with Gasteiger partial charge in [-0.05, 0) is 19.3 Å². The maximum Gasteiger partial charge on any atom is 0.326 e. The Bertz CT molecular complexity index is 527. The van der Waals surface area contributed by atoms with Crippen LogP contribution in [0.25, 0.3) is 0 Å². The normalized spacial score (nSPS) is 12.0. The molecular formula is C13H19N3O4S. The fourth-order valence-electron chi connectivity index (χ4n) is 1.70. The molecule has 1 rings (SSSR count). The van der Waals surface area contributed by atoms with Crippen LogP contribution in [0.5, 0.6) is 0 Å². The summed E-state index contributed by atoms with van der Waals surface area (Å²) in [5, 5.41) is 13.9. The lowest BCUT2D eigenvalue weighted by molar-refractivity contribution is -0.142. The van der Waals surface area contributed by atoms with Crippen molar-refractivity contribution in [2.75, 3.05) is 6.54 Å². The number of rotatable bonds is 7.